The molecule has 0 radical (unpaired) electrons. The number of alkyl halides is 1. The van der Waals surface area contributed by atoms with E-state index in [0.717, 1.165) is 0 Å². The van der Waals surface area contributed by atoms with E-state index in [4.69, 9.17) is 11.6 Å². The van der Waals surface area contributed by atoms with Crippen molar-refractivity contribution < 1.29 is 9.53 Å². The lowest BCUT2D eigenvalue weighted by atomic mass is 10.6. The number of carbonyl (C=O) groups excluding carboxylic acids is 1. The minimum Gasteiger partial charge on any atom is -0.439 e. The lowest BCUT2D eigenvalue weighted by molar-refractivity contribution is -0.136. The van der Waals surface area contributed by atoms with Crippen LogP contribution in [0.15, 0.2) is 12.2 Å². The summed E-state index contributed by atoms with van der Waals surface area (Å²) in [6, 6.07) is 0. The van der Waals surface area contributed by atoms with Gasteiger partial charge in [-0.1, -0.05) is 11.6 Å². The zero-order chi connectivity index (χ0) is 5.28. The Bertz CT molecular complexity index is 119. The molecule has 1 rings (SSSR count). The Morgan fingerprint density at radius 3 is 2.71 bits per heavy atom. The molecule has 0 aliphatic carbocycles. The summed E-state index contributed by atoms with van der Waals surface area (Å²) < 4.78 is 4.38. The van der Waals surface area contributed by atoms with Crippen molar-refractivity contribution in [2.75, 3.05) is 0 Å². The van der Waals surface area contributed by atoms with Gasteiger partial charge >= 0.3 is 5.97 Å². The quantitative estimate of drug-likeness (QED) is 0.345. The van der Waals surface area contributed by atoms with Crippen LogP contribution in [0.1, 0.15) is 0 Å². The molecule has 0 spiro atoms. The number of hydrogen-bond acceptors (Lipinski definition) is 2. The smallest absolute Gasteiger partial charge is 0.332 e. The van der Waals surface area contributed by atoms with Crippen molar-refractivity contribution in [2.24, 2.45) is 0 Å². The number of ether oxygens (including phenoxy) is 1. The topological polar surface area (TPSA) is 26.3 Å². The van der Waals surface area contributed by atoms with Gasteiger partial charge in [-0.05, 0) is 6.08 Å². The largest absolute Gasteiger partial charge is 0.439 e. The standard InChI is InChI=1S/C4H3ClO2/c5-3-1-2-4(6)7-3/h1-3H. The lowest BCUT2D eigenvalue weighted by Gasteiger charge is -1.92. The van der Waals surface area contributed by atoms with Crippen molar-refractivity contribution >= 4 is 17.6 Å². The molecular formula is C4H3ClO2. The van der Waals surface area contributed by atoms with E-state index in [1.54, 1.807) is 0 Å². The van der Waals surface area contributed by atoms with E-state index in [1.807, 2.05) is 0 Å². The van der Waals surface area contributed by atoms with E-state index in [9.17, 15) is 4.79 Å². The van der Waals surface area contributed by atoms with Gasteiger partial charge in [0.2, 0.25) is 0 Å². The molecular weight excluding hydrogens is 115 g/mol. The van der Waals surface area contributed by atoms with E-state index in [1.165, 1.54) is 12.2 Å². The van der Waals surface area contributed by atoms with Crippen LogP contribution in [0.2, 0.25) is 0 Å². The second-order valence-corrected chi connectivity index (χ2v) is 1.58. The first kappa shape index (κ1) is 4.65. The molecule has 0 saturated carbocycles. The SMILES string of the molecule is O=C1C=CC(Cl)O1. The first-order valence-electron chi connectivity index (χ1n) is 1.82. The van der Waals surface area contributed by atoms with Crippen molar-refractivity contribution in [3.8, 4) is 0 Å². The van der Waals surface area contributed by atoms with Crippen molar-refractivity contribution in [1.29, 1.82) is 0 Å². The van der Waals surface area contributed by atoms with Crippen molar-refractivity contribution in [1.82, 2.24) is 0 Å². The third-order valence-corrected chi connectivity index (χ3v) is 0.847. The number of hydrogen-bond donors (Lipinski definition) is 0. The van der Waals surface area contributed by atoms with Gasteiger partial charge in [0.15, 0.2) is 5.56 Å². The molecule has 0 N–H and O–H groups in total. The lowest BCUT2D eigenvalue weighted by Crippen LogP contribution is -1.97. The van der Waals surface area contributed by atoms with Crippen LogP contribution >= 0.6 is 11.6 Å². The third-order valence-electron chi connectivity index (χ3n) is 0.612. The monoisotopic (exact) mass is 118 g/mol. The molecule has 0 bridgehead atoms. The second kappa shape index (κ2) is 1.54. The molecule has 1 aliphatic rings. The molecule has 0 saturated heterocycles. The Morgan fingerprint density at radius 2 is 2.57 bits per heavy atom. The molecule has 0 aromatic heterocycles. The number of cyclic esters (lactones) is 1. The van der Waals surface area contributed by atoms with E-state index >= 15 is 0 Å². The molecule has 0 aromatic rings. The van der Waals surface area contributed by atoms with Crippen LogP contribution in [0, 0.1) is 0 Å². The molecule has 1 heterocycles. The summed E-state index contributed by atoms with van der Waals surface area (Å²) in [5.41, 5.74) is -0.535. The minimum absolute atomic E-state index is 0.361. The van der Waals surface area contributed by atoms with E-state index in [0.29, 0.717) is 0 Å². The maximum atomic E-state index is 10.1. The first-order chi connectivity index (χ1) is 3.29. The highest BCUT2D eigenvalue weighted by Crippen LogP contribution is 2.07. The van der Waals surface area contributed by atoms with Gasteiger partial charge in [0.1, 0.15) is 0 Å². The van der Waals surface area contributed by atoms with Crippen molar-refractivity contribution in [2.45, 2.75) is 5.56 Å². The fourth-order valence-electron chi connectivity index (χ4n) is 0.344. The first-order valence-corrected chi connectivity index (χ1v) is 2.25. The Morgan fingerprint density at radius 1 is 1.86 bits per heavy atom. The fourth-order valence-corrected chi connectivity index (χ4v) is 0.504. The molecule has 2 nitrogen and oxygen atoms in total. The summed E-state index contributed by atoms with van der Waals surface area (Å²) in [7, 11) is 0. The van der Waals surface area contributed by atoms with Gasteiger partial charge in [0, 0.05) is 6.08 Å². The summed E-state index contributed by atoms with van der Waals surface area (Å²) in [5, 5.41) is 0. The zero-order valence-corrected chi connectivity index (χ0v) is 4.18. The Kier molecular flexibility index (Phi) is 1.02. The third kappa shape index (κ3) is 0.933. The van der Waals surface area contributed by atoms with Gasteiger partial charge in [-0.25, -0.2) is 4.79 Å². The Labute approximate surface area is 45.7 Å². The number of rotatable bonds is 0. The number of carbonyl (C=O) groups is 1. The van der Waals surface area contributed by atoms with Crippen LogP contribution in [-0.2, 0) is 9.53 Å². The highest BCUT2D eigenvalue weighted by molar-refractivity contribution is 6.22. The molecule has 7 heavy (non-hydrogen) atoms. The highest BCUT2D eigenvalue weighted by atomic mass is 35.5. The second-order valence-electron chi connectivity index (χ2n) is 1.15. The molecule has 1 unspecified atom stereocenters. The van der Waals surface area contributed by atoms with Crippen LogP contribution in [-0.4, -0.2) is 11.5 Å². The molecule has 0 fully saturated rings. The zero-order valence-electron chi connectivity index (χ0n) is 3.43. The summed E-state index contributed by atoms with van der Waals surface area (Å²) >= 11 is 5.28. The molecule has 3 heteroatoms. The summed E-state index contributed by atoms with van der Waals surface area (Å²) in [4.78, 5) is 10.1. The van der Waals surface area contributed by atoms with Crippen molar-refractivity contribution in [3.05, 3.63) is 12.2 Å². The minimum atomic E-state index is -0.535. The average molecular weight is 119 g/mol. The predicted molar refractivity (Wildman–Crippen MR) is 24.9 cm³/mol. The molecule has 1 aliphatic heterocycles. The number of esters is 1. The van der Waals surface area contributed by atoms with Gasteiger partial charge < -0.3 is 4.74 Å². The number of halogens is 1. The Hall–Kier alpha value is -0.500. The van der Waals surface area contributed by atoms with Gasteiger partial charge in [0.25, 0.3) is 0 Å². The van der Waals surface area contributed by atoms with Gasteiger partial charge in [0.05, 0.1) is 0 Å². The van der Waals surface area contributed by atoms with Crippen LogP contribution in [0.5, 0.6) is 0 Å². The molecule has 38 valence electrons. The molecule has 1 atom stereocenters. The average Bonchev–Trinajstić information content (AvgIpc) is 1.87. The van der Waals surface area contributed by atoms with Gasteiger partial charge in [-0.15, -0.1) is 0 Å². The van der Waals surface area contributed by atoms with Gasteiger partial charge in [-0.2, -0.15) is 0 Å². The van der Waals surface area contributed by atoms with Gasteiger partial charge in [-0.3, -0.25) is 0 Å². The van der Waals surface area contributed by atoms with E-state index in [-0.39, 0.29) is 5.97 Å². The summed E-state index contributed by atoms with van der Waals surface area (Å²) in [6.45, 7) is 0. The predicted octanol–water partition coefficient (Wildman–Crippen LogP) is 0.664. The summed E-state index contributed by atoms with van der Waals surface area (Å²) in [6.07, 6.45) is 2.79. The normalized spacial score (nSPS) is 28.1. The summed E-state index contributed by atoms with van der Waals surface area (Å²) in [5.74, 6) is -0.361. The van der Waals surface area contributed by atoms with Crippen LogP contribution in [0.25, 0.3) is 0 Å². The fraction of sp³-hybridized carbons (Fsp3) is 0.250. The van der Waals surface area contributed by atoms with Crippen LogP contribution in [0.3, 0.4) is 0 Å². The molecule has 0 amide bonds. The highest BCUT2D eigenvalue weighted by Gasteiger charge is 2.11. The molecule has 0 aromatic carbocycles. The maximum Gasteiger partial charge on any atom is 0.332 e. The maximum absolute atomic E-state index is 10.1. The van der Waals surface area contributed by atoms with E-state index in [2.05, 4.69) is 4.74 Å². The van der Waals surface area contributed by atoms with Crippen molar-refractivity contribution in [3.63, 3.8) is 0 Å². The van der Waals surface area contributed by atoms with Crippen LogP contribution in [0.4, 0.5) is 0 Å². The van der Waals surface area contributed by atoms with Crippen LogP contribution < -0.4 is 0 Å². The van der Waals surface area contributed by atoms with E-state index < -0.39 is 5.56 Å². The Balaban J connectivity index is 2.58.